The molecule has 0 aliphatic heterocycles. The second-order valence-electron chi connectivity index (χ2n) is 6.15. The molecule has 4 nitrogen and oxygen atoms in total. The van der Waals surface area contributed by atoms with Gasteiger partial charge in [-0.2, -0.15) is 18.3 Å². The first-order valence-electron chi connectivity index (χ1n) is 8.19. The third kappa shape index (κ3) is 4.71. The number of aromatic nitrogens is 2. The minimum Gasteiger partial charge on any atom is -0.381 e. The van der Waals surface area contributed by atoms with Crippen molar-refractivity contribution < 1.29 is 17.6 Å². The molecule has 0 fully saturated rings. The molecular weight excluding hydrogens is 433 g/mol. The van der Waals surface area contributed by atoms with Crippen molar-refractivity contribution >= 4 is 28.9 Å². The van der Waals surface area contributed by atoms with E-state index in [-0.39, 0.29) is 17.1 Å². The topological polar surface area (TPSA) is 46.9 Å². The van der Waals surface area contributed by atoms with Gasteiger partial charge in [0.15, 0.2) is 0 Å². The van der Waals surface area contributed by atoms with E-state index in [4.69, 9.17) is 23.2 Å². The van der Waals surface area contributed by atoms with E-state index in [1.54, 1.807) is 24.3 Å². The molecule has 3 aromatic rings. The Morgan fingerprint density at radius 2 is 1.76 bits per heavy atom. The quantitative estimate of drug-likeness (QED) is 0.537. The maximum atomic E-state index is 14.4. The fourth-order valence-corrected chi connectivity index (χ4v) is 3.01. The molecule has 152 valence electrons. The van der Waals surface area contributed by atoms with Gasteiger partial charge < -0.3 is 5.32 Å². The predicted molar refractivity (Wildman–Crippen MR) is 104 cm³/mol. The molecule has 0 aliphatic carbocycles. The van der Waals surface area contributed by atoms with Crippen molar-refractivity contribution in [3.05, 3.63) is 79.8 Å². The van der Waals surface area contributed by atoms with Gasteiger partial charge in [0.05, 0.1) is 0 Å². The van der Waals surface area contributed by atoms with Crippen LogP contribution in [0.5, 0.6) is 0 Å². The summed E-state index contributed by atoms with van der Waals surface area (Å²) < 4.78 is 53.8. The second-order valence-corrected chi connectivity index (χ2v) is 6.99. The number of anilines is 1. The summed E-state index contributed by atoms with van der Waals surface area (Å²) in [7, 11) is 1.03. The lowest BCUT2D eigenvalue weighted by atomic mass is 10.1. The van der Waals surface area contributed by atoms with Crippen molar-refractivity contribution in [1.29, 1.82) is 0 Å². The first-order chi connectivity index (χ1) is 13.6. The molecule has 0 spiro atoms. The third-order valence-electron chi connectivity index (χ3n) is 4.11. The van der Waals surface area contributed by atoms with Crippen LogP contribution in [-0.2, 0) is 19.8 Å². The number of rotatable bonds is 4. The number of nitrogens with one attached hydrogen (secondary N) is 1. The Labute approximate surface area is 172 Å². The second kappa shape index (κ2) is 8.04. The zero-order valence-electron chi connectivity index (χ0n) is 14.8. The van der Waals surface area contributed by atoms with Gasteiger partial charge in [-0.1, -0.05) is 23.2 Å². The van der Waals surface area contributed by atoms with Gasteiger partial charge in [-0.05, 0) is 42.0 Å². The van der Waals surface area contributed by atoms with Gasteiger partial charge >= 0.3 is 6.18 Å². The highest BCUT2D eigenvalue weighted by molar-refractivity contribution is 6.31. The van der Waals surface area contributed by atoms with Crippen LogP contribution >= 0.6 is 23.2 Å². The number of alkyl halides is 3. The Morgan fingerprint density at radius 3 is 2.38 bits per heavy atom. The number of hydrogen-bond donors (Lipinski definition) is 1. The Kier molecular flexibility index (Phi) is 5.86. The number of benzene rings is 2. The molecule has 0 aliphatic rings. The lowest BCUT2D eigenvalue weighted by Crippen LogP contribution is -2.23. The standard InChI is InChI=1S/C19H13Cl2F4N3O/c1-28-17(19(23,24)25)8-16(29)18(27-28)13-6-10(14(21)7-15(13)22)9-26-12-4-2-11(20)3-5-12/h2-8,26H,9H2,1H3. The molecule has 2 aromatic carbocycles. The van der Waals surface area contributed by atoms with Gasteiger partial charge in [0.1, 0.15) is 17.2 Å². The Morgan fingerprint density at radius 1 is 1.10 bits per heavy atom. The number of halogens is 6. The highest BCUT2D eigenvalue weighted by Crippen LogP contribution is 2.30. The lowest BCUT2D eigenvalue weighted by Gasteiger charge is -2.14. The third-order valence-corrected chi connectivity index (χ3v) is 4.71. The lowest BCUT2D eigenvalue weighted by molar-refractivity contribution is -0.144. The van der Waals surface area contributed by atoms with Gasteiger partial charge in [-0.15, -0.1) is 0 Å². The molecule has 0 bridgehead atoms. The van der Waals surface area contributed by atoms with Crippen LogP contribution in [0.2, 0.25) is 10.0 Å². The molecule has 10 heteroatoms. The summed E-state index contributed by atoms with van der Waals surface area (Å²) in [6, 6.07) is 9.49. The summed E-state index contributed by atoms with van der Waals surface area (Å²) in [5, 5.41) is 7.35. The van der Waals surface area contributed by atoms with Crippen molar-refractivity contribution in [2.45, 2.75) is 12.7 Å². The average molecular weight is 446 g/mol. The van der Waals surface area contributed by atoms with E-state index in [9.17, 15) is 22.4 Å². The summed E-state index contributed by atoms with van der Waals surface area (Å²) in [6.45, 7) is 0.175. The minimum atomic E-state index is -4.76. The highest BCUT2D eigenvalue weighted by Gasteiger charge is 2.34. The first-order valence-corrected chi connectivity index (χ1v) is 8.95. The van der Waals surface area contributed by atoms with Crippen molar-refractivity contribution in [3.63, 3.8) is 0 Å². The minimum absolute atomic E-state index is 0.0939. The fourth-order valence-electron chi connectivity index (χ4n) is 2.67. The molecule has 1 N–H and O–H groups in total. The number of nitrogens with zero attached hydrogens (tertiary/aromatic N) is 2. The van der Waals surface area contributed by atoms with E-state index in [1.807, 2.05) is 0 Å². The predicted octanol–water partition coefficient (Wildman–Crippen LogP) is 5.52. The average Bonchev–Trinajstić information content (AvgIpc) is 2.63. The Hall–Kier alpha value is -2.58. The van der Waals surface area contributed by atoms with Crippen molar-refractivity contribution in [2.75, 3.05) is 5.32 Å². The Balaban J connectivity index is 1.98. The molecule has 0 saturated carbocycles. The molecule has 0 amide bonds. The van der Waals surface area contributed by atoms with Crippen molar-refractivity contribution in [1.82, 2.24) is 9.78 Å². The van der Waals surface area contributed by atoms with Gasteiger partial charge in [0.2, 0.25) is 5.43 Å². The van der Waals surface area contributed by atoms with Gasteiger partial charge in [0.25, 0.3) is 0 Å². The summed E-state index contributed by atoms with van der Waals surface area (Å²) >= 11 is 11.9. The van der Waals surface area contributed by atoms with Crippen LogP contribution in [0.15, 0.2) is 47.3 Å². The SMILES string of the molecule is Cn1nc(-c2cc(CNc3ccc(Cl)cc3)c(Cl)cc2F)c(=O)cc1C(F)(F)F. The van der Waals surface area contributed by atoms with Gasteiger partial charge in [-0.25, -0.2) is 4.39 Å². The molecule has 0 saturated heterocycles. The zero-order valence-corrected chi connectivity index (χ0v) is 16.3. The highest BCUT2D eigenvalue weighted by atomic mass is 35.5. The maximum absolute atomic E-state index is 14.4. The van der Waals surface area contributed by atoms with E-state index in [2.05, 4.69) is 10.4 Å². The molecule has 3 rings (SSSR count). The molecule has 29 heavy (non-hydrogen) atoms. The zero-order chi connectivity index (χ0) is 21.3. The van der Waals surface area contributed by atoms with Crippen LogP contribution in [0, 0.1) is 5.82 Å². The molecule has 0 radical (unpaired) electrons. The van der Waals surface area contributed by atoms with Crippen LogP contribution in [-0.4, -0.2) is 9.78 Å². The Bertz CT molecular complexity index is 1110. The summed E-state index contributed by atoms with van der Waals surface area (Å²) in [5.74, 6) is -0.866. The van der Waals surface area contributed by atoms with Crippen LogP contribution in [0.4, 0.5) is 23.2 Å². The van der Waals surface area contributed by atoms with Gasteiger partial charge in [0, 0.05) is 41.0 Å². The van der Waals surface area contributed by atoms with E-state index in [0.29, 0.717) is 21.3 Å². The van der Waals surface area contributed by atoms with Crippen LogP contribution in [0.3, 0.4) is 0 Å². The first kappa shape index (κ1) is 21.1. The van der Waals surface area contributed by atoms with E-state index in [0.717, 1.165) is 18.8 Å². The van der Waals surface area contributed by atoms with Crippen LogP contribution < -0.4 is 10.7 Å². The van der Waals surface area contributed by atoms with Crippen LogP contribution in [0.1, 0.15) is 11.3 Å². The molecular formula is C19H13Cl2F4N3O. The molecule has 0 atom stereocenters. The summed E-state index contributed by atoms with van der Waals surface area (Å²) in [6.07, 6.45) is -4.76. The maximum Gasteiger partial charge on any atom is 0.433 e. The van der Waals surface area contributed by atoms with Gasteiger partial charge in [-0.3, -0.25) is 9.48 Å². The van der Waals surface area contributed by atoms with Crippen LogP contribution in [0.25, 0.3) is 11.3 Å². The largest absolute Gasteiger partial charge is 0.433 e. The van der Waals surface area contributed by atoms with E-state index in [1.165, 1.54) is 6.07 Å². The van der Waals surface area contributed by atoms with E-state index < -0.39 is 28.8 Å². The molecule has 1 aromatic heterocycles. The number of hydrogen-bond acceptors (Lipinski definition) is 3. The van der Waals surface area contributed by atoms with Crippen molar-refractivity contribution in [2.24, 2.45) is 7.05 Å². The molecule has 1 heterocycles. The normalized spacial score (nSPS) is 11.6. The number of aryl methyl sites for hydroxylation is 1. The molecule has 0 unspecified atom stereocenters. The summed E-state index contributed by atoms with van der Waals surface area (Å²) in [4.78, 5) is 12.2. The smallest absolute Gasteiger partial charge is 0.381 e. The van der Waals surface area contributed by atoms with Crippen molar-refractivity contribution in [3.8, 4) is 11.3 Å². The monoisotopic (exact) mass is 445 g/mol. The summed E-state index contributed by atoms with van der Waals surface area (Å²) in [5.41, 5.74) is -1.81. The fraction of sp³-hybridized carbons (Fsp3) is 0.158. The van der Waals surface area contributed by atoms with E-state index >= 15 is 0 Å².